The van der Waals surface area contributed by atoms with E-state index in [1.807, 2.05) is 35.7 Å². The lowest BCUT2D eigenvalue weighted by Gasteiger charge is -2.13. The molecule has 5 nitrogen and oxygen atoms in total. The van der Waals surface area contributed by atoms with Crippen LogP contribution >= 0.6 is 11.3 Å². The Morgan fingerprint density at radius 3 is 1.93 bits per heavy atom. The molecule has 0 saturated heterocycles. The van der Waals surface area contributed by atoms with Crippen LogP contribution in [0.25, 0.3) is 11.1 Å². The zero-order chi connectivity index (χ0) is 19.4. The Labute approximate surface area is 162 Å². The van der Waals surface area contributed by atoms with E-state index in [9.17, 15) is 4.79 Å². The molecule has 0 fully saturated rings. The lowest BCUT2D eigenvalue weighted by Crippen LogP contribution is -2.02. The van der Waals surface area contributed by atoms with Crippen LogP contribution in [-0.2, 0) is 0 Å². The smallest absolute Gasteiger partial charge is 0.203 e. The van der Waals surface area contributed by atoms with Crippen LogP contribution in [-0.4, -0.2) is 34.2 Å². The summed E-state index contributed by atoms with van der Waals surface area (Å²) >= 11 is 1.40. The average Bonchev–Trinajstić information content (AvgIpc) is 3.22. The minimum atomic E-state index is -0.0981. The van der Waals surface area contributed by atoms with Crippen LogP contribution in [0.1, 0.15) is 15.2 Å². The fourth-order valence-corrected chi connectivity index (χ4v) is 3.62. The average molecular weight is 384 g/mol. The molecule has 1 aromatic heterocycles. The van der Waals surface area contributed by atoms with Crippen LogP contribution in [0, 0.1) is 0 Å². The molecule has 0 spiro atoms. The van der Waals surface area contributed by atoms with Gasteiger partial charge in [0.1, 0.15) is 5.75 Å². The van der Waals surface area contributed by atoms with E-state index in [1.165, 1.54) is 32.7 Å². The quantitative estimate of drug-likeness (QED) is 0.554. The zero-order valence-corrected chi connectivity index (χ0v) is 16.4. The molecule has 0 radical (unpaired) electrons. The predicted octanol–water partition coefficient (Wildman–Crippen LogP) is 4.68. The maximum atomic E-state index is 13.0. The molecule has 0 saturated carbocycles. The Hall–Kier alpha value is -2.99. The van der Waals surface area contributed by atoms with Gasteiger partial charge in [0.2, 0.25) is 11.5 Å². The Kier molecular flexibility index (Phi) is 5.66. The van der Waals surface area contributed by atoms with E-state index in [1.54, 1.807) is 19.2 Å². The standard InChI is InChI=1S/C21H20O5S/c1-23-16-7-5-13(6-8-16)15-11-19(27-12-15)20(22)14-9-17(24-2)21(26-4)18(10-14)25-3/h5-12H,1-4H3. The van der Waals surface area contributed by atoms with Crippen LogP contribution in [0.4, 0.5) is 0 Å². The second kappa shape index (κ2) is 8.14. The fourth-order valence-electron chi connectivity index (χ4n) is 2.74. The Balaban J connectivity index is 1.93. The second-order valence-corrected chi connectivity index (χ2v) is 6.58. The molecule has 0 amide bonds. The largest absolute Gasteiger partial charge is 0.497 e. The van der Waals surface area contributed by atoms with Crippen molar-refractivity contribution in [1.29, 1.82) is 0 Å². The number of ether oxygens (including phenoxy) is 4. The van der Waals surface area contributed by atoms with Crippen molar-refractivity contribution in [3.8, 4) is 34.1 Å². The highest BCUT2D eigenvalue weighted by atomic mass is 32.1. The van der Waals surface area contributed by atoms with E-state index in [0.29, 0.717) is 27.7 Å². The van der Waals surface area contributed by atoms with Gasteiger partial charge in [-0.15, -0.1) is 11.3 Å². The third-order valence-corrected chi connectivity index (χ3v) is 5.10. The van der Waals surface area contributed by atoms with Gasteiger partial charge in [0.05, 0.1) is 33.3 Å². The first-order chi connectivity index (χ1) is 13.1. The van der Waals surface area contributed by atoms with E-state index in [-0.39, 0.29) is 5.78 Å². The summed E-state index contributed by atoms with van der Waals surface area (Å²) in [5.41, 5.74) is 2.49. The minimum absolute atomic E-state index is 0.0981. The monoisotopic (exact) mass is 384 g/mol. The SMILES string of the molecule is COc1ccc(-c2csc(C(=O)c3cc(OC)c(OC)c(OC)c3)c2)cc1. The number of methoxy groups -OCH3 is 4. The number of hydrogen-bond acceptors (Lipinski definition) is 6. The molecule has 3 rings (SSSR count). The Bertz CT molecular complexity index is 918. The molecule has 0 bridgehead atoms. The van der Waals surface area contributed by atoms with Gasteiger partial charge in [-0.3, -0.25) is 4.79 Å². The van der Waals surface area contributed by atoms with Crippen molar-refractivity contribution in [3.05, 3.63) is 58.3 Å². The van der Waals surface area contributed by atoms with Gasteiger partial charge in [-0.1, -0.05) is 12.1 Å². The third-order valence-electron chi connectivity index (χ3n) is 4.17. The maximum Gasteiger partial charge on any atom is 0.203 e. The minimum Gasteiger partial charge on any atom is -0.497 e. The van der Waals surface area contributed by atoms with E-state index in [0.717, 1.165) is 16.9 Å². The number of hydrogen-bond donors (Lipinski definition) is 0. The number of carbonyl (C=O) groups excluding carboxylic acids is 1. The molecular formula is C21H20O5S. The normalized spacial score (nSPS) is 10.4. The van der Waals surface area contributed by atoms with Gasteiger partial charge < -0.3 is 18.9 Å². The number of carbonyl (C=O) groups is 1. The number of thiophene rings is 1. The molecule has 27 heavy (non-hydrogen) atoms. The van der Waals surface area contributed by atoms with Crippen molar-refractivity contribution in [2.24, 2.45) is 0 Å². The van der Waals surface area contributed by atoms with Gasteiger partial charge in [0.15, 0.2) is 11.5 Å². The molecule has 0 aliphatic carbocycles. The molecule has 0 aliphatic heterocycles. The van der Waals surface area contributed by atoms with Gasteiger partial charge in [-0.2, -0.15) is 0 Å². The lowest BCUT2D eigenvalue weighted by molar-refractivity contribution is 0.104. The highest BCUT2D eigenvalue weighted by molar-refractivity contribution is 7.12. The Morgan fingerprint density at radius 2 is 1.41 bits per heavy atom. The van der Waals surface area contributed by atoms with Crippen LogP contribution in [0.2, 0.25) is 0 Å². The molecule has 140 valence electrons. The van der Waals surface area contributed by atoms with Crippen LogP contribution in [0.15, 0.2) is 47.8 Å². The van der Waals surface area contributed by atoms with E-state index >= 15 is 0 Å². The molecule has 6 heteroatoms. The van der Waals surface area contributed by atoms with Gasteiger partial charge >= 0.3 is 0 Å². The van der Waals surface area contributed by atoms with Crippen molar-refractivity contribution in [1.82, 2.24) is 0 Å². The first-order valence-corrected chi connectivity index (χ1v) is 9.07. The van der Waals surface area contributed by atoms with Gasteiger partial charge in [0.25, 0.3) is 0 Å². The highest BCUT2D eigenvalue weighted by Gasteiger charge is 2.19. The highest BCUT2D eigenvalue weighted by Crippen LogP contribution is 2.39. The zero-order valence-electron chi connectivity index (χ0n) is 15.6. The van der Waals surface area contributed by atoms with Crippen molar-refractivity contribution >= 4 is 17.1 Å². The molecule has 0 atom stereocenters. The second-order valence-electron chi connectivity index (χ2n) is 5.67. The third kappa shape index (κ3) is 3.75. The topological polar surface area (TPSA) is 54.0 Å². The molecular weight excluding hydrogens is 364 g/mol. The van der Waals surface area contributed by atoms with Gasteiger partial charge in [0, 0.05) is 5.56 Å². The summed E-state index contributed by atoms with van der Waals surface area (Å²) in [5.74, 6) is 2.06. The summed E-state index contributed by atoms with van der Waals surface area (Å²) in [7, 11) is 6.22. The van der Waals surface area contributed by atoms with Crippen molar-refractivity contribution in [3.63, 3.8) is 0 Å². The van der Waals surface area contributed by atoms with Crippen LogP contribution < -0.4 is 18.9 Å². The van der Waals surface area contributed by atoms with Gasteiger partial charge in [-0.25, -0.2) is 0 Å². The van der Waals surface area contributed by atoms with E-state index < -0.39 is 0 Å². The number of benzene rings is 2. The number of rotatable bonds is 7. The molecule has 1 heterocycles. The molecule has 2 aromatic carbocycles. The molecule has 0 N–H and O–H groups in total. The summed E-state index contributed by atoms with van der Waals surface area (Å²) in [5, 5.41) is 1.97. The van der Waals surface area contributed by atoms with Crippen LogP contribution in [0.5, 0.6) is 23.0 Å². The maximum absolute atomic E-state index is 13.0. The summed E-state index contributed by atoms with van der Waals surface area (Å²) in [4.78, 5) is 13.6. The fraction of sp³-hybridized carbons (Fsp3) is 0.190. The summed E-state index contributed by atoms with van der Waals surface area (Å²) < 4.78 is 21.2. The van der Waals surface area contributed by atoms with Crippen molar-refractivity contribution < 1.29 is 23.7 Å². The summed E-state index contributed by atoms with van der Waals surface area (Å²) in [6.07, 6.45) is 0. The molecule has 3 aromatic rings. The van der Waals surface area contributed by atoms with Crippen molar-refractivity contribution in [2.75, 3.05) is 28.4 Å². The van der Waals surface area contributed by atoms with E-state index in [2.05, 4.69) is 0 Å². The molecule has 0 aliphatic rings. The Morgan fingerprint density at radius 1 is 0.778 bits per heavy atom. The first-order valence-electron chi connectivity index (χ1n) is 8.19. The summed E-state index contributed by atoms with van der Waals surface area (Å²) in [6, 6.07) is 12.9. The lowest BCUT2D eigenvalue weighted by atomic mass is 10.1. The summed E-state index contributed by atoms with van der Waals surface area (Å²) in [6.45, 7) is 0. The predicted molar refractivity (Wildman–Crippen MR) is 106 cm³/mol. The number of ketones is 1. The molecule has 0 unspecified atom stereocenters. The van der Waals surface area contributed by atoms with E-state index in [4.69, 9.17) is 18.9 Å². The van der Waals surface area contributed by atoms with Crippen LogP contribution in [0.3, 0.4) is 0 Å². The van der Waals surface area contributed by atoms with Gasteiger partial charge in [-0.05, 0) is 46.8 Å². The van der Waals surface area contributed by atoms with Crippen molar-refractivity contribution in [2.45, 2.75) is 0 Å². The first kappa shape index (κ1) is 18.8.